The van der Waals surface area contributed by atoms with Crippen LogP contribution in [0.25, 0.3) is 45.0 Å². The molecule has 9 heteroatoms. The van der Waals surface area contributed by atoms with Crippen molar-refractivity contribution >= 4 is 39.8 Å². The van der Waals surface area contributed by atoms with Gasteiger partial charge in [-0.25, -0.2) is 4.98 Å². The van der Waals surface area contributed by atoms with E-state index in [1.807, 2.05) is 75.6 Å². The molecule has 0 bridgehead atoms. The van der Waals surface area contributed by atoms with Crippen LogP contribution in [0.5, 0.6) is 0 Å². The van der Waals surface area contributed by atoms with E-state index >= 15 is 0 Å². The zero-order valence-corrected chi connectivity index (χ0v) is 18.3. The normalized spacial score (nSPS) is 11.6. The second-order valence-electron chi connectivity index (χ2n) is 7.36. The Morgan fingerprint density at radius 2 is 1.88 bits per heavy atom. The number of nitrogens with zero attached hydrogens (tertiary/aromatic N) is 7. The molecule has 0 radical (unpaired) electrons. The average molecular weight is 460 g/mol. The van der Waals surface area contributed by atoms with Crippen LogP contribution in [0.15, 0.2) is 73.3 Å². The van der Waals surface area contributed by atoms with Crippen LogP contribution in [0.1, 0.15) is 0 Å². The molecule has 0 spiro atoms. The van der Waals surface area contributed by atoms with E-state index in [-0.39, 0.29) is 0 Å². The molecule has 0 aliphatic rings. The van der Waals surface area contributed by atoms with Gasteiger partial charge in [-0.2, -0.15) is 5.10 Å². The van der Waals surface area contributed by atoms with Gasteiger partial charge in [0.25, 0.3) is 0 Å². The van der Waals surface area contributed by atoms with Crippen LogP contribution in [0.3, 0.4) is 0 Å². The lowest BCUT2D eigenvalue weighted by Crippen LogP contribution is -2.01. The van der Waals surface area contributed by atoms with E-state index < -0.39 is 0 Å². The lowest BCUT2D eigenvalue weighted by Gasteiger charge is -2.10. The quantitative estimate of drug-likeness (QED) is 0.353. The Labute approximate surface area is 192 Å². The van der Waals surface area contributed by atoms with Crippen molar-refractivity contribution in [2.24, 2.45) is 7.05 Å². The Kier molecular flexibility index (Phi) is 4.28. The summed E-state index contributed by atoms with van der Waals surface area (Å²) in [6.07, 6.45) is 5.49. The lowest BCUT2D eigenvalue weighted by atomic mass is 10.1. The third-order valence-electron chi connectivity index (χ3n) is 5.50. The SMILES string of the molecule is Cn1ncc2c(-n3cnnc3-c3c(-c4cc(Cl)ccc4Cl)nc4ccccn34)cccc21. The summed E-state index contributed by atoms with van der Waals surface area (Å²) in [4.78, 5) is 4.86. The number of hydrogen-bond acceptors (Lipinski definition) is 4. The zero-order chi connectivity index (χ0) is 21.8. The van der Waals surface area contributed by atoms with E-state index in [9.17, 15) is 0 Å². The fraction of sp³-hybridized carbons (Fsp3) is 0.0435. The van der Waals surface area contributed by atoms with Gasteiger partial charge in [0, 0.05) is 29.2 Å². The lowest BCUT2D eigenvalue weighted by molar-refractivity contribution is 0.797. The standard InChI is InChI=1S/C23H15Cl2N7/c1-30-18-5-4-6-19(16(18)12-27-30)32-13-26-29-23(32)22-21(15-11-14(24)8-9-17(15)25)28-20-7-2-3-10-31(20)22/h2-13H,1H3. The number of hydrogen-bond donors (Lipinski definition) is 0. The molecule has 6 rings (SSSR count). The largest absolute Gasteiger partial charge is 0.296 e. The van der Waals surface area contributed by atoms with Crippen molar-refractivity contribution in [1.29, 1.82) is 0 Å². The van der Waals surface area contributed by atoms with Crippen molar-refractivity contribution in [1.82, 2.24) is 33.9 Å². The molecule has 7 nitrogen and oxygen atoms in total. The van der Waals surface area contributed by atoms with Crippen molar-refractivity contribution in [3.05, 3.63) is 83.4 Å². The summed E-state index contributed by atoms with van der Waals surface area (Å²) in [5.74, 6) is 0.631. The predicted octanol–water partition coefficient (Wildman–Crippen LogP) is 5.44. The van der Waals surface area contributed by atoms with E-state index in [0.29, 0.717) is 21.6 Å². The first-order valence-electron chi connectivity index (χ1n) is 9.86. The number of pyridine rings is 1. The predicted molar refractivity (Wildman–Crippen MR) is 125 cm³/mol. The Bertz CT molecular complexity index is 1630. The van der Waals surface area contributed by atoms with Crippen molar-refractivity contribution in [3.63, 3.8) is 0 Å². The molecule has 0 N–H and O–H groups in total. The van der Waals surface area contributed by atoms with E-state index in [4.69, 9.17) is 28.2 Å². The van der Waals surface area contributed by atoms with E-state index in [2.05, 4.69) is 15.3 Å². The van der Waals surface area contributed by atoms with Crippen LogP contribution < -0.4 is 0 Å². The molecule has 2 aromatic carbocycles. The summed E-state index contributed by atoms with van der Waals surface area (Å²) >= 11 is 12.9. The van der Waals surface area contributed by atoms with Crippen molar-refractivity contribution in [3.8, 4) is 28.5 Å². The number of imidazole rings is 1. The Morgan fingerprint density at radius 1 is 0.969 bits per heavy atom. The highest BCUT2D eigenvalue weighted by atomic mass is 35.5. The van der Waals surface area contributed by atoms with Gasteiger partial charge in [0.15, 0.2) is 5.82 Å². The van der Waals surface area contributed by atoms with Crippen LogP contribution >= 0.6 is 23.2 Å². The number of fused-ring (bicyclic) bond motifs is 2. The number of rotatable bonds is 3. The van der Waals surface area contributed by atoms with Crippen LogP contribution in [0, 0.1) is 0 Å². The summed E-state index contributed by atoms with van der Waals surface area (Å²) in [5.41, 5.74) is 4.87. The minimum Gasteiger partial charge on any atom is -0.296 e. The third kappa shape index (κ3) is 2.82. The second-order valence-corrected chi connectivity index (χ2v) is 8.21. The molecule has 0 saturated heterocycles. The number of benzene rings is 2. The smallest absolute Gasteiger partial charge is 0.187 e. The molecule has 0 aliphatic heterocycles. The van der Waals surface area contributed by atoms with Gasteiger partial charge in [-0.05, 0) is 42.5 Å². The first-order chi connectivity index (χ1) is 15.6. The first-order valence-corrected chi connectivity index (χ1v) is 10.6. The molecular weight excluding hydrogens is 445 g/mol. The fourth-order valence-corrected chi connectivity index (χ4v) is 4.40. The van der Waals surface area contributed by atoms with Gasteiger partial charge in [-0.15, -0.1) is 10.2 Å². The van der Waals surface area contributed by atoms with E-state index in [0.717, 1.165) is 33.5 Å². The molecule has 0 saturated carbocycles. The molecule has 0 atom stereocenters. The van der Waals surface area contributed by atoms with E-state index in [1.54, 1.807) is 18.5 Å². The highest BCUT2D eigenvalue weighted by Crippen LogP contribution is 2.38. The maximum Gasteiger partial charge on any atom is 0.187 e. The van der Waals surface area contributed by atoms with Gasteiger partial charge in [0.1, 0.15) is 23.4 Å². The minimum absolute atomic E-state index is 0.555. The van der Waals surface area contributed by atoms with Crippen molar-refractivity contribution in [2.45, 2.75) is 0 Å². The Morgan fingerprint density at radius 3 is 2.78 bits per heavy atom. The summed E-state index contributed by atoms with van der Waals surface area (Å²) < 4.78 is 5.77. The molecule has 32 heavy (non-hydrogen) atoms. The topological polar surface area (TPSA) is 65.8 Å². The van der Waals surface area contributed by atoms with Crippen molar-refractivity contribution in [2.75, 3.05) is 0 Å². The van der Waals surface area contributed by atoms with Crippen LogP contribution in [0.2, 0.25) is 10.0 Å². The summed E-state index contributed by atoms with van der Waals surface area (Å²) in [7, 11) is 1.92. The van der Waals surface area contributed by atoms with Crippen LogP contribution in [-0.4, -0.2) is 33.9 Å². The van der Waals surface area contributed by atoms with Gasteiger partial charge in [-0.1, -0.05) is 35.3 Å². The summed E-state index contributed by atoms with van der Waals surface area (Å²) in [5, 5.41) is 15.3. The summed E-state index contributed by atoms with van der Waals surface area (Å²) in [6, 6.07) is 17.2. The van der Waals surface area contributed by atoms with Gasteiger partial charge in [0.2, 0.25) is 0 Å². The maximum atomic E-state index is 6.57. The van der Waals surface area contributed by atoms with Crippen LogP contribution in [-0.2, 0) is 7.05 Å². The van der Waals surface area contributed by atoms with Crippen LogP contribution in [0.4, 0.5) is 0 Å². The highest BCUT2D eigenvalue weighted by Gasteiger charge is 2.23. The van der Waals surface area contributed by atoms with Gasteiger partial charge in [0.05, 0.1) is 22.4 Å². The molecule has 4 heterocycles. The average Bonchev–Trinajstić information content (AvgIpc) is 3.52. The number of halogens is 2. The first kappa shape index (κ1) is 19.0. The summed E-state index contributed by atoms with van der Waals surface area (Å²) in [6.45, 7) is 0. The van der Waals surface area contributed by atoms with Gasteiger partial charge < -0.3 is 0 Å². The maximum absolute atomic E-state index is 6.57. The third-order valence-corrected chi connectivity index (χ3v) is 6.07. The Hall–Kier alpha value is -3.68. The second kappa shape index (κ2) is 7.19. The molecule has 0 aliphatic carbocycles. The molecule has 0 fully saturated rings. The molecule has 6 aromatic rings. The number of aryl methyl sites for hydroxylation is 1. The molecule has 0 amide bonds. The zero-order valence-electron chi connectivity index (χ0n) is 16.8. The highest BCUT2D eigenvalue weighted by molar-refractivity contribution is 6.35. The minimum atomic E-state index is 0.555. The van der Waals surface area contributed by atoms with Gasteiger partial charge in [-0.3, -0.25) is 13.6 Å². The van der Waals surface area contributed by atoms with Crippen molar-refractivity contribution < 1.29 is 0 Å². The molecular formula is C23H15Cl2N7. The monoisotopic (exact) mass is 459 g/mol. The molecule has 0 unspecified atom stereocenters. The molecule has 4 aromatic heterocycles. The van der Waals surface area contributed by atoms with Gasteiger partial charge >= 0.3 is 0 Å². The fourth-order valence-electron chi connectivity index (χ4n) is 4.02. The van der Waals surface area contributed by atoms with E-state index in [1.165, 1.54) is 0 Å². The Balaban J connectivity index is 1.68. The molecule has 156 valence electrons. The number of aromatic nitrogens is 7.